The van der Waals surface area contributed by atoms with Gasteiger partial charge in [-0.1, -0.05) is 31.9 Å². The van der Waals surface area contributed by atoms with Crippen LogP contribution >= 0.6 is 0 Å². The molecule has 7 nitrogen and oxygen atoms in total. The van der Waals surface area contributed by atoms with Crippen molar-refractivity contribution in [3.8, 4) is 5.95 Å². The summed E-state index contributed by atoms with van der Waals surface area (Å²) in [6, 6.07) is 8.12. The molecule has 1 aliphatic carbocycles. The maximum atomic E-state index is 12.6. The maximum absolute atomic E-state index is 12.6. The predicted octanol–water partition coefficient (Wildman–Crippen LogP) is 3.30. The fourth-order valence-electron chi connectivity index (χ4n) is 4.37. The standard InChI is InChI=1S/C20H22N6O/c1-2-16-19(27)23-15-11-21-20(24-18(15)26(16)13-7-3-4-8-13)25-12-22-14-9-5-6-10-17(14)25/h5-6,9-13,16H,2-4,7-8H2,1H3,(H,23,27). The van der Waals surface area contributed by atoms with Crippen molar-refractivity contribution >= 4 is 28.4 Å². The second-order valence-electron chi connectivity index (χ2n) is 7.27. The monoisotopic (exact) mass is 362 g/mol. The highest BCUT2D eigenvalue weighted by Crippen LogP contribution is 2.37. The minimum Gasteiger partial charge on any atom is -0.340 e. The summed E-state index contributed by atoms with van der Waals surface area (Å²) < 4.78 is 1.90. The Balaban J connectivity index is 1.64. The number of anilines is 2. The second kappa shape index (κ2) is 6.33. The van der Waals surface area contributed by atoms with E-state index < -0.39 is 0 Å². The van der Waals surface area contributed by atoms with Gasteiger partial charge >= 0.3 is 0 Å². The lowest BCUT2D eigenvalue weighted by atomic mass is 10.0. The van der Waals surface area contributed by atoms with Crippen LogP contribution < -0.4 is 10.2 Å². The first-order valence-corrected chi connectivity index (χ1v) is 9.65. The molecule has 3 heterocycles. The molecule has 1 N–H and O–H groups in total. The van der Waals surface area contributed by atoms with Gasteiger partial charge in [0.2, 0.25) is 11.9 Å². The summed E-state index contributed by atoms with van der Waals surface area (Å²) in [4.78, 5) is 28.7. The van der Waals surface area contributed by atoms with Gasteiger partial charge in [-0.2, -0.15) is 4.98 Å². The lowest BCUT2D eigenvalue weighted by Crippen LogP contribution is -2.52. The largest absolute Gasteiger partial charge is 0.340 e. The van der Waals surface area contributed by atoms with Crippen LogP contribution in [0.3, 0.4) is 0 Å². The smallest absolute Gasteiger partial charge is 0.247 e. The molecule has 138 valence electrons. The van der Waals surface area contributed by atoms with Crippen LogP contribution in [0.2, 0.25) is 0 Å². The molecule has 0 spiro atoms. The Kier molecular flexibility index (Phi) is 3.81. The quantitative estimate of drug-likeness (QED) is 0.774. The van der Waals surface area contributed by atoms with Crippen molar-refractivity contribution < 1.29 is 4.79 Å². The zero-order valence-electron chi connectivity index (χ0n) is 15.3. The average Bonchev–Trinajstić information content (AvgIpc) is 3.36. The highest BCUT2D eigenvalue weighted by molar-refractivity contribution is 6.02. The molecular formula is C20H22N6O. The normalized spacial score (nSPS) is 20.1. The molecule has 7 heteroatoms. The summed E-state index contributed by atoms with van der Waals surface area (Å²) >= 11 is 0. The van der Waals surface area contributed by atoms with Gasteiger partial charge in [0.15, 0.2) is 5.82 Å². The van der Waals surface area contributed by atoms with Gasteiger partial charge in [0.25, 0.3) is 0 Å². The molecule has 0 bridgehead atoms. The molecule has 1 unspecified atom stereocenters. The molecule has 1 amide bonds. The number of fused-ring (bicyclic) bond motifs is 2. The Morgan fingerprint density at radius 3 is 2.81 bits per heavy atom. The number of nitrogens with zero attached hydrogens (tertiary/aromatic N) is 5. The molecule has 1 saturated carbocycles. The van der Waals surface area contributed by atoms with Gasteiger partial charge in [-0.3, -0.25) is 9.36 Å². The van der Waals surface area contributed by atoms with E-state index in [1.165, 1.54) is 12.8 Å². The fourth-order valence-corrected chi connectivity index (χ4v) is 4.37. The number of para-hydroxylation sites is 2. The third kappa shape index (κ3) is 2.57. The molecular weight excluding hydrogens is 340 g/mol. The van der Waals surface area contributed by atoms with E-state index in [1.807, 2.05) is 28.8 Å². The molecule has 1 aliphatic heterocycles. The molecule has 27 heavy (non-hydrogen) atoms. The van der Waals surface area contributed by atoms with Crippen molar-refractivity contribution in [3.63, 3.8) is 0 Å². The molecule has 0 saturated heterocycles. The lowest BCUT2D eigenvalue weighted by molar-refractivity contribution is -0.117. The number of rotatable bonds is 3. The van der Waals surface area contributed by atoms with Crippen molar-refractivity contribution in [1.82, 2.24) is 19.5 Å². The Morgan fingerprint density at radius 2 is 2.00 bits per heavy atom. The molecule has 0 radical (unpaired) electrons. The van der Waals surface area contributed by atoms with Crippen molar-refractivity contribution in [1.29, 1.82) is 0 Å². The van der Waals surface area contributed by atoms with Crippen molar-refractivity contribution in [2.24, 2.45) is 0 Å². The van der Waals surface area contributed by atoms with Gasteiger partial charge in [0, 0.05) is 6.04 Å². The molecule has 2 aliphatic rings. The minimum absolute atomic E-state index is 0.0429. The van der Waals surface area contributed by atoms with Gasteiger partial charge in [-0.15, -0.1) is 0 Å². The average molecular weight is 362 g/mol. The second-order valence-corrected chi connectivity index (χ2v) is 7.27. The summed E-state index contributed by atoms with van der Waals surface area (Å²) in [5, 5.41) is 2.99. The third-order valence-electron chi connectivity index (χ3n) is 5.67. The van der Waals surface area contributed by atoms with Crippen LogP contribution in [0.5, 0.6) is 0 Å². The molecule has 3 aromatic rings. The first-order valence-electron chi connectivity index (χ1n) is 9.65. The van der Waals surface area contributed by atoms with Crippen molar-refractivity contribution in [2.45, 2.75) is 51.1 Å². The molecule has 1 atom stereocenters. The molecule has 1 aromatic carbocycles. The Bertz CT molecular complexity index is 1010. The topological polar surface area (TPSA) is 75.9 Å². The van der Waals surface area contributed by atoms with Crippen molar-refractivity contribution in [3.05, 3.63) is 36.8 Å². The van der Waals surface area contributed by atoms with Gasteiger partial charge in [0.1, 0.15) is 18.1 Å². The fraction of sp³-hybridized carbons (Fsp3) is 0.400. The minimum atomic E-state index is -0.178. The Hall–Kier alpha value is -2.96. The summed E-state index contributed by atoms with van der Waals surface area (Å²) in [5.74, 6) is 1.45. The van der Waals surface area contributed by atoms with E-state index in [1.54, 1.807) is 12.5 Å². The number of carbonyl (C=O) groups excluding carboxylic acids is 1. The SMILES string of the molecule is CCC1C(=O)Nc2cnc(-n3cnc4ccccc43)nc2N1C1CCCC1. The summed E-state index contributed by atoms with van der Waals surface area (Å²) in [6.07, 6.45) is 8.86. The number of benzene rings is 1. The number of imidazole rings is 1. The van der Waals surface area contributed by atoms with E-state index in [0.29, 0.717) is 17.7 Å². The maximum Gasteiger partial charge on any atom is 0.247 e. The number of nitrogens with one attached hydrogen (secondary N) is 1. The van der Waals surface area contributed by atoms with Gasteiger partial charge in [0.05, 0.1) is 17.2 Å². The van der Waals surface area contributed by atoms with Crippen LogP contribution in [0.4, 0.5) is 11.5 Å². The summed E-state index contributed by atoms with van der Waals surface area (Å²) in [7, 11) is 0. The summed E-state index contributed by atoms with van der Waals surface area (Å²) in [5.41, 5.74) is 2.58. The number of hydrogen-bond donors (Lipinski definition) is 1. The Morgan fingerprint density at radius 1 is 1.19 bits per heavy atom. The van der Waals surface area contributed by atoms with Crippen LogP contribution in [0, 0.1) is 0 Å². The van der Waals surface area contributed by atoms with Gasteiger partial charge in [-0.05, 0) is 31.4 Å². The lowest BCUT2D eigenvalue weighted by Gasteiger charge is -2.40. The first-order chi connectivity index (χ1) is 13.3. The first kappa shape index (κ1) is 16.2. The van der Waals surface area contributed by atoms with E-state index in [4.69, 9.17) is 4.98 Å². The van der Waals surface area contributed by atoms with Crippen LogP contribution in [0.1, 0.15) is 39.0 Å². The van der Waals surface area contributed by atoms with Crippen molar-refractivity contribution in [2.75, 3.05) is 10.2 Å². The van der Waals surface area contributed by atoms with E-state index in [2.05, 4.69) is 27.1 Å². The number of carbonyl (C=O) groups is 1. The zero-order valence-corrected chi connectivity index (χ0v) is 15.3. The van der Waals surface area contributed by atoms with E-state index in [9.17, 15) is 4.79 Å². The molecule has 2 aromatic heterocycles. The predicted molar refractivity (Wildman–Crippen MR) is 104 cm³/mol. The molecule has 1 fully saturated rings. The van der Waals surface area contributed by atoms with Gasteiger partial charge in [-0.25, -0.2) is 9.97 Å². The molecule has 5 rings (SSSR count). The van der Waals surface area contributed by atoms with Crippen LogP contribution in [-0.2, 0) is 4.79 Å². The van der Waals surface area contributed by atoms with Crippen LogP contribution in [-0.4, -0.2) is 37.5 Å². The van der Waals surface area contributed by atoms with E-state index in [0.717, 1.165) is 36.1 Å². The highest BCUT2D eigenvalue weighted by Gasteiger charge is 2.38. The van der Waals surface area contributed by atoms with Crippen LogP contribution in [0.15, 0.2) is 36.8 Å². The highest BCUT2D eigenvalue weighted by atomic mass is 16.2. The summed E-state index contributed by atoms with van der Waals surface area (Å²) in [6.45, 7) is 2.06. The number of hydrogen-bond acceptors (Lipinski definition) is 5. The number of aromatic nitrogens is 4. The third-order valence-corrected chi connectivity index (χ3v) is 5.67. The van der Waals surface area contributed by atoms with Crippen LogP contribution in [0.25, 0.3) is 17.0 Å². The van der Waals surface area contributed by atoms with E-state index >= 15 is 0 Å². The zero-order chi connectivity index (χ0) is 18.4. The van der Waals surface area contributed by atoms with Gasteiger partial charge < -0.3 is 10.2 Å². The Labute approximate surface area is 157 Å². The number of amides is 1. The van der Waals surface area contributed by atoms with E-state index in [-0.39, 0.29) is 11.9 Å².